The Labute approximate surface area is 108 Å². The summed E-state index contributed by atoms with van der Waals surface area (Å²) in [7, 11) is 3.30. The van der Waals surface area contributed by atoms with Crippen LogP contribution in [0.3, 0.4) is 0 Å². The lowest BCUT2D eigenvalue weighted by Crippen LogP contribution is -2.09. The maximum absolute atomic E-state index is 5.86. The van der Waals surface area contributed by atoms with Gasteiger partial charge in [0, 0.05) is 26.3 Å². The molecule has 0 aromatic heterocycles. The van der Waals surface area contributed by atoms with Gasteiger partial charge in [0.1, 0.15) is 5.75 Å². The van der Waals surface area contributed by atoms with Crippen LogP contribution in [-0.4, -0.2) is 40.6 Å². The summed E-state index contributed by atoms with van der Waals surface area (Å²) in [6.45, 7) is 2.79. The van der Waals surface area contributed by atoms with Gasteiger partial charge in [0.05, 0.1) is 31.7 Å². The maximum atomic E-state index is 5.86. The first kappa shape index (κ1) is 14.6. The van der Waals surface area contributed by atoms with E-state index in [0.717, 1.165) is 30.1 Å². The van der Waals surface area contributed by atoms with E-state index in [1.165, 1.54) is 0 Å². The molecule has 3 N–H and O–H groups in total. The Morgan fingerprint density at radius 2 is 2.00 bits per heavy atom. The summed E-state index contributed by atoms with van der Waals surface area (Å²) in [6.07, 6.45) is 0.917. The van der Waals surface area contributed by atoms with Crippen LogP contribution in [0.15, 0.2) is 18.2 Å². The van der Waals surface area contributed by atoms with Crippen LogP contribution >= 0.6 is 0 Å². The summed E-state index contributed by atoms with van der Waals surface area (Å²) in [5.74, 6) is 0.794. The minimum absolute atomic E-state index is 0.635. The second-order valence-corrected chi connectivity index (χ2v) is 3.84. The molecule has 0 aliphatic rings. The van der Waals surface area contributed by atoms with Crippen LogP contribution in [0.2, 0.25) is 0 Å². The van der Waals surface area contributed by atoms with Gasteiger partial charge in [-0.25, -0.2) is 0 Å². The molecule has 1 aromatic carbocycles. The molecule has 0 atom stereocenters. The van der Waals surface area contributed by atoms with Gasteiger partial charge in [-0.2, -0.15) is 0 Å². The van der Waals surface area contributed by atoms with Crippen LogP contribution in [0.25, 0.3) is 0 Å². The maximum Gasteiger partial charge on any atom is 0.121 e. The van der Waals surface area contributed by atoms with Crippen molar-refractivity contribution in [1.29, 1.82) is 0 Å². The third-order valence-electron chi connectivity index (χ3n) is 2.47. The normalized spacial score (nSPS) is 10.3. The van der Waals surface area contributed by atoms with Gasteiger partial charge in [-0.1, -0.05) is 0 Å². The first-order valence-electron chi connectivity index (χ1n) is 6.02. The molecule has 18 heavy (non-hydrogen) atoms. The van der Waals surface area contributed by atoms with Crippen LogP contribution in [0.5, 0.6) is 5.75 Å². The van der Waals surface area contributed by atoms with E-state index in [1.54, 1.807) is 14.2 Å². The molecular weight excluding hydrogens is 232 g/mol. The van der Waals surface area contributed by atoms with E-state index >= 15 is 0 Å². The Hall–Kier alpha value is -1.46. The number of nitrogen functional groups attached to an aromatic ring is 1. The largest absolute Gasteiger partial charge is 0.497 e. The van der Waals surface area contributed by atoms with E-state index in [9.17, 15) is 0 Å². The second-order valence-electron chi connectivity index (χ2n) is 3.84. The molecule has 0 bridgehead atoms. The first-order chi connectivity index (χ1) is 8.77. The van der Waals surface area contributed by atoms with Crippen LogP contribution in [0.4, 0.5) is 11.4 Å². The molecule has 0 saturated heterocycles. The van der Waals surface area contributed by atoms with Gasteiger partial charge in [0.2, 0.25) is 0 Å². The highest BCUT2D eigenvalue weighted by molar-refractivity contribution is 5.68. The van der Waals surface area contributed by atoms with Crippen LogP contribution in [-0.2, 0) is 9.47 Å². The van der Waals surface area contributed by atoms with Crippen LogP contribution < -0.4 is 15.8 Å². The first-order valence-corrected chi connectivity index (χ1v) is 6.02. The zero-order valence-corrected chi connectivity index (χ0v) is 11.1. The third-order valence-corrected chi connectivity index (χ3v) is 2.47. The fraction of sp³-hybridized carbons (Fsp3) is 0.538. The molecular formula is C13H22N2O3. The summed E-state index contributed by atoms with van der Waals surface area (Å²) in [5.41, 5.74) is 7.47. The topological polar surface area (TPSA) is 65.7 Å². The second kappa shape index (κ2) is 8.60. The standard InChI is InChI=1S/C13H22N2O3/c1-16-8-9-18-7-3-6-15-13-10-11(17-2)4-5-12(13)14/h4-5,10,15H,3,6-9,14H2,1-2H3. The summed E-state index contributed by atoms with van der Waals surface area (Å²) in [4.78, 5) is 0. The number of rotatable bonds is 9. The van der Waals surface area contributed by atoms with E-state index < -0.39 is 0 Å². The quantitative estimate of drug-likeness (QED) is 0.519. The van der Waals surface area contributed by atoms with E-state index in [1.807, 2.05) is 18.2 Å². The van der Waals surface area contributed by atoms with Crippen molar-refractivity contribution in [2.75, 3.05) is 51.6 Å². The minimum atomic E-state index is 0.635. The number of anilines is 2. The SMILES string of the molecule is COCCOCCCNc1cc(OC)ccc1N. The van der Waals surface area contributed by atoms with Gasteiger partial charge < -0.3 is 25.3 Å². The van der Waals surface area contributed by atoms with Crippen molar-refractivity contribution in [3.63, 3.8) is 0 Å². The highest BCUT2D eigenvalue weighted by atomic mass is 16.5. The lowest BCUT2D eigenvalue weighted by molar-refractivity contribution is 0.0705. The molecule has 0 aliphatic heterocycles. The molecule has 5 nitrogen and oxygen atoms in total. The lowest BCUT2D eigenvalue weighted by atomic mass is 10.2. The van der Waals surface area contributed by atoms with Gasteiger partial charge >= 0.3 is 0 Å². The van der Waals surface area contributed by atoms with Gasteiger partial charge in [0.25, 0.3) is 0 Å². The molecule has 0 heterocycles. The number of methoxy groups -OCH3 is 2. The number of hydrogen-bond acceptors (Lipinski definition) is 5. The van der Waals surface area contributed by atoms with Crippen molar-refractivity contribution in [1.82, 2.24) is 0 Å². The van der Waals surface area contributed by atoms with Crippen molar-refractivity contribution in [2.24, 2.45) is 0 Å². The molecule has 0 amide bonds. The molecule has 0 saturated carbocycles. The Bertz CT molecular complexity index is 345. The molecule has 0 radical (unpaired) electrons. The minimum Gasteiger partial charge on any atom is -0.497 e. The smallest absolute Gasteiger partial charge is 0.121 e. The molecule has 0 aliphatic carbocycles. The summed E-state index contributed by atoms with van der Waals surface area (Å²) in [6, 6.07) is 5.56. The van der Waals surface area contributed by atoms with Gasteiger partial charge in [-0.05, 0) is 18.6 Å². The predicted molar refractivity (Wildman–Crippen MR) is 73.2 cm³/mol. The van der Waals surface area contributed by atoms with Gasteiger partial charge in [0.15, 0.2) is 0 Å². The number of benzene rings is 1. The predicted octanol–water partition coefficient (Wildman–Crippen LogP) is 1.74. The molecule has 5 heteroatoms. The zero-order chi connectivity index (χ0) is 13.2. The Morgan fingerprint density at radius 1 is 1.17 bits per heavy atom. The average molecular weight is 254 g/mol. The molecule has 1 rings (SSSR count). The van der Waals surface area contributed by atoms with Crippen molar-refractivity contribution < 1.29 is 14.2 Å². The van der Waals surface area contributed by atoms with Crippen LogP contribution in [0.1, 0.15) is 6.42 Å². The Kier molecular flexibility index (Phi) is 6.98. The van der Waals surface area contributed by atoms with Crippen molar-refractivity contribution in [3.8, 4) is 5.75 Å². The van der Waals surface area contributed by atoms with Crippen molar-refractivity contribution in [2.45, 2.75) is 6.42 Å². The zero-order valence-electron chi connectivity index (χ0n) is 11.1. The molecule has 1 aromatic rings. The van der Waals surface area contributed by atoms with E-state index in [2.05, 4.69) is 5.32 Å². The summed E-state index contributed by atoms with van der Waals surface area (Å²) >= 11 is 0. The summed E-state index contributed by atoms with van der Waals surface area (Å²) in [5, 5.41) is 3.26. The summed E-state index contributed by atoms with van der Waals surface area (Å²) < 4.78 is 15.4. The molecule has 0 fully saturated rings. The molecule has 0 unspecified atom stereocenters. The van der Waals surface area contributed by atoms with E-state index in [-0.39, 0.29) is 0 Å². The lowest BCUT2D eigenvalue weighted by Gasteiger charge is -2.11. The highest BCUT2D eigenvalue weighted by Crippen LogP contribution is 2.24. The van der Waals surface area contributed by atoms with Gasteiger partial charge in [-0.15, -0.1) is 0 Å². The number of ether oxygens (including phenoxy) is 3. The number of nitrogens with two attached hydrogens (primary N) is 1. The molecule has 0 spiro atoms. The third kappa shape index (κ3) is 5.25. The Morgan fingerprint density at radius 3 is 2.72 bits per heavy atom. The van der Waals surface area contributed by atoms with Crippen molar-refractivity contribution >= 4 is 11.4 Å². The number of nitrogens with one attached hydrogen (secondary N) is 1. The fourth-order valence-electron chi connectivity index (χ4n) is 1.46. The highest BCUT2D eigenvalue weighted by Gasteiger charge is 2.00. The Balaban J connectivity index is 2.22. The van der Waals surface area contributed by atoms with Gasteiger partial charge in [-0.3, -0.25) is 0 Å². The number of hydrogen-bond donors (Lipinski definition) is 2. The monoisotopic (exact) mass is 254 g/mol. The molecule has 102 valence electrons. The fourth-order valence-corrected chi connectivity index (χ4v) is 1.46. The van der Waals surface area contributed by atoms with Crippen molar-refractivity contribution in [3.05, 3.63) is 18.2 Å². The van der Waals surface area contributed by atoms with E-state index in [0.29, 0.717) is 19.8 Å². The average Bonchev–Trinajstić information content (AvgIpc) is 2.39. The van der Waals surface area contributed by atoms with Crippen LogP contribution in [0, 0.1) is 0 Å². The van der Waals surface area contributed by atoms with E-state index in [4.69, 9.17) is 19.9 Å².